The van der Waals surface area contributed by atoms with Gasteiger partial charge in [0.1, 0.15) is 0 Å². The van der Waals surface area contributed by atoms with Crippen molar-refractivity contribution in [3.63, 3.8) is 0 Å². The fourth-order valence-corrected chi connectivity index (χ4v) is 2.60. The van der Waals surface area contributed by atoms with Gasteiger partial charge in [-0.15, -0.1) is 0 Å². The summed E-state index contributed by atoms with van der Waals surface area (Å²) in [7, 11) is 0. The summed E-state index contributed by atoms with van der Waals surface area (Å²) in [5, 5.41) is 0. The van der Waals surface area contributed by atoms with E-state index in [1.807, 2.05) is 30.3 Å². The number of hydrogen-bond acceptors (Lipinski definition) is 2. The summed E-state index contributed by atoms with van der Waals surface area (Å²) in [6, 6.07) is 9.91. The van der Waals surface area contributed by atoms with Gasteiger partial charge < -0.3 is 5.73 Å². The van der Waals surface area contributed by atoms with Crippen LogP contribution in [-0.2, 0) is 11.2 Å². The van der Waals surface area contributed by atoms with E-state index < -0.39 is 5.54 Å². The van der Waals surface area contributed by atoms with Crippen molar-refractivity contribution in [3.8, 4) is 0 Å². The van der Waals surface area contributed by atoms with Crippen molar-refractivity contribution in [2.75, 3.05) is 0 Å². The summed E-state index contributed by atoms with van der Waals surface area (Å²) in [4.78, 5) is 12.3. The van der Waals surface area contributed by atoms with Gasteiger partial charge in [-0.25, -0.2) is 0 Å². The highest BCUT2D eigenvalue weighted by molar-refractivity contribution is 5.90. The van der Waals surface area contributed by atoms with Crippen LogP contribution in [0.1, 0.15) is 44.1 Å². The van der Waals surface area contributed by atoms with E-state index in [9.17, 15) is 4.79 Å². The Labute approximate surface area is 103 Å². The van der Waals surface area contributed by atoms with Gasteiger partial charge in [0.15, 0.2) is 5.78 Å². The van der Waals surface area contributed by atoms with E-state index in [4.69, 9.17) is 5.73 Å². The first-order valence-electron chi connectivity index (χ1n) is 6.57. The van der Waals surface area contributed by atoms with Crippen molar-refractivity contribution in [2.45, 2.75) is 50.5 Å². The highest BCUT2D eigenvalue weighted by Crippen LogP contribution is 2.26. The third-order valence-electron chi connectivity index (χ3n) is 3.76. The zero-order chi connectivity index (χ0) is 12.1. The second kappa shape index (κ2) is 5.46. The predicted molar refractivity (Wildman–Crippen MR) is 69.8 cm³/mol. The topological polar surface area (TPSA) is 43.1 Å². The molecule has 0 atom stereocenters. The van der Waals surface area contributed by atoms with Gasteiger partial charge in [0.2, 0.25) is 0 Å². The molecule has 2 rings (SSSR count). The molecule has 1 fully saturated rings. The van der Waals surface area contributed by atoms with E-state index in [0.29, 0.717) is 6.42 Å². The van der Waals surface area contributed by atoms with Gasteiger partial charge in [0.05, 0.1) is 5.54 Å². The lowest BCUT2D eigenvalue weighted by atomic mass is 9.84. The lowest BCUT2D eigenvalue weighted by Crippen LogP contribution is -2.48. The van der Waals surface area contributed by atoms with E-state index in [1.165, 1.54) is 12.8 Å². The summed E-state index contributed by atoms with van der Waals surface area (Å²) >= 11 is 0. The minimum atomic E-state index is -0.563. The Bertz CT molecular complexity index is 364. The number of rotatable bonds is 3. The smallest absolute Gasteiger partial charge is 0.156 e. The van der Waals surface area contributed by atoms with Gasteiger partial charge in [0.25, 0.3) is 0 Å². The van der Waals surface area contributed by atoms with E-state index >= 15 is 0 Å². The van der Waals surface area contributed by atoms with Crippen LogP contribution in [0.4, 0.5) is 0 Å². The van der Waals surface area contributed by atoms with Crippen molar-refractivity contribution >= 4 is 5.78 Å². The zero-order valence-electron chi connectivity index (χ0n) is 10.3. The van der Waals surface area contributed by atoms with Crippen LogP contribution in [0, 0.1) is 0 Å². The number of Topliss-reactive ketones (excluding diaryl/α,β-unsaturated/α-hetero) is 1. The fourth-order valence-electron chi connectivity index (χ4n) is 2.60. The average Bonchev–Trinajstić information content (AvgIpc) is 2.56. The molecule has 1 saturated carbocycles. The molecule has 0 bridgehead atoms. The normalized spacial score (nSPS) is 19.6. The Balaban J connectivity index is 2.03. The van der Waals surface area contributed by atoms with Gasteiger partial charge in [-0.2, -0.15) is 0 Å². The minimum Gasteiger partial charge on any atom is -0.319 e. The largest absolute Gasteiger partial charge is 0.319 e. The number of carbonyl (C=O) groups excluding carboxylic acids is 1. The zero-order valence-corrected chi connectivity index (χ0v) is 10.3. The molecule has 17 heavy (non-hydrogen) atoms. The van der Waals surface area contributed by atoms with E-state index in [1.54, 1.807) is 0 Å². The summed E-state index contributed by atoms with van der Waals surface area (Å²) < 4.78 is 0. The van der Waals surface area contributed by atoms with Crippen LogP contribution in [0.5, 0.6) is 0 Å². The number of ketones is 1. The average molecular weight is 231 g/mol. The van der Waals surface area contributed by atoms with Gasteiger partial charge >= 0.3 is 0 Å². The summed E-state index contributed by atoms with van der Waals surface area (Å²) in [6.45, 7) is 0. The molecular formula is C15H21NO. The number of benzene rings is 1. The molecule has 2 nitrogen and oxygen atoms in total. The number of hydrogen-bond donors (Lipinski definition) is 1. The van der Waals surface area contributed by atoms with E-state index in [-0.39, 0.29) is 5.78 Å². The Hall–Kier alpha value is -1.15. The fraction of sp³-hybridized carbons (Fsp3) is 0.533. The van der Waals surface area contributed by atoms with Crippen molar-refractivity contribution in [2.24, 2.45) is 5.73 Å². The second-order valence-electron chi connectivity index (χ2n) is 5.16. The molecule has 0 unspecified atom stereocenters. The first-order chi connectivity index (χ1) is 8.21. The molecular weight excluding hydrogens is 210 g/mol. The van der Waals surface area contributed by atoms with Crippen LogP contribution in [0.15, 0.2) is 30.3 Å². The standard InChI is InChI=1S/C15H21NO/c16-15(10-6-1-2-7-11-15)14(17)12-13-8-4-3-5-9-13/h3-5,8-9H,1-2,6-7,10-12,16H2. The molecule has 0 aromatic heterocycles. The Morgan fingerprint density at radius 3 is 2.24 bits per heavy atom. The van der Waals surface area contributed by atoms with Crippen LogP contribution in [0.25, 0.3) is 0 Å². The number of nitrogens with two attached hydrogens (primary N) is 1. The molecule has 2 N–H and O–H groups in total. The molecule has 0 saturated heterocycles. The number of carbonyl (C=O) groups is 1. The third kappa shape index (κ3) is 3.16. The van der Waals surface area contributed by atoms with Gasteiger partial charge in [0, 0.05) is 6.42 Å². The molecule has 0 spiro atoms. The second-order valence-corrected chi connectivity index (χ2v) is 5.16. The molecule has 92 valence electrons. The highest BCUT2D eigenvalue weighted by Gasteiger charge is 2.33. The van der Waals surface area contributed by atoms with Gasteiger partial charge in [-0.05, 0) is 18.4 Å². The molecule has 1 aromatic carbocycles. The van der Waals surface area contributed by atoms with Gasteiger partial charge in [-0.3, -0.25) is 4.79 Å². The van der Waals surface area contributed by atoms with Crippen LogP contribution in [0.2, 0.25) is 0 Å². The summed E-state index contributed by atoms with van der Waals surface area (Å²) in [5.74, 6) is 0.214. The molecule has 0 heterocycles. The Morgan fingerprint density at radius 2 is 1.65 bits per heavy atom. The first kappa shape index (κ1) is 12.3. The van der Waals surface area contributed by atoms with Crippen molar-refractivity contribution in [1.29, 1.82) is 0 Å². The molecule has 1 aliphatic rings. The summed E-state index contributed by atoms with van der Waals surface area (Å²) in [6.07, 6.45) is 6.83. The molecule has 0 radical (unpaired) electrons. The maximum Gasteiger partial charge on any atom is 0.156 e. The maximum absolute atomic E-state index is 12.3. The third-order valence-corrected chi connectivity index (χ3v) is 3.76. The van der Waals surface area contributed by atoms with Crippen LogP contribution >= 0.6 is 0 Å². The lowest BCUT2D eigenvalue weighted by Gasteiger charge is -2.26. The first-order valence-corrected chi connectivity index (χ1v) is 6.57. The van der Waals surface area contributed by atoms with Crippen molar-refractivity contribution < 1.29 is 4.79 Å². The van der Waals surface area contributed by atoms with E-state index in [0.717, 1.165) is 31.2 Å². The SMILES string of the molecule is NC1(C(=O)Cc2ccccc2)CCCCCC1. The van der Waals surface area contributed by atoms with Crippen LogP contribution in [0.3, 0.4) is 0 Å². The monoisotopic (exact) mass is 231 g/mol. The molecule has 1 aromatic rings. The molecule has 0 aliphatic heterocycles. The van der Waals surface area contributed by atoms with E-state index in [2.05, 4.69) is 0 Å². The molecule has 2 heteroatoms. The Kier molecular flexibility index (Phi) is 3.95. The highest BCUT2D eigenvalue weighted by atomic mass is 16.1. The summed E-state index contributed by atoms with van der Waals surface area (Å²) in [5.41, 5.74) is 6.81. The van der Waals surface area contributed by atoms with Crippen LogP contribution < -0.4 is 5.73 Å². The maximum atomic E-state index is 12.3. The van der Waals surface area contributed by atoms with Crippen molar-refractivity contribution in [1.82, 2.24) is 0 Å². The van der Waals surface area contributed by atoms with Crippen molar-refractivity contribution in [3.05, 3.63) is 35.9 Å². The van der Waals surface area contributed by atoms with Crippen LogP contribution in [-0.4, -0.2) is 11.3 Å². The molecule has 1 aliphatic carbocycles. The van der Waals surface area contributed by atoms with Gasteiger partial charge in [-0.1, -0.05) is 56.0 Å². The quantitative estimate of drug-likeness (QED) is 0.813. The lowest BCUT2D eigenvalue weighted by molar-refractivity contribution is -0.124. The molecule has 0 amide bonds. The minimum absolute atomic E-state index is 0.214. The Morgan fingerprint density at radius 1 is 1.06 bits per heavy atom. The predicted octanol–water partition coefficient (Wildman–Crippen LogP) is 2.85.